The Morgan fingerprint density at radius 3 is 2.73 bits per heavy atom. The second kappa shape index (κ2) is 8.51. The molecule has 122 valence electrons. The van der Waals surface area contributed by atoms with E-state index in [-0.39, 0.29) is 5.91 Å². The third-order valence-electron chi connectivity index (χ3n) is 4.22. The monoisotopic (exact) mass is 323 g/mol. The molecular weight excluding hydrogens is 298 g/mol. The van der Waals surface area contributed by atoms with Gasteiger partial charge in [0, 0.05) is 10.7 Å². The molecule has 2 rings (SSSR count). The SMILES string of the molecule is CCNCC1CCN(CC(=O)Nc2ccc(Cl)cc2C)CC1. The lowest BCUT2D eigenvalue weighted by Crippen LogP contribution is -2.41. The minimum Gasteiger partial charge on any atom is -0.325 e. The van der Waals surface area contributed by atoms with Gasteiger partial charge in [-0.1, -0.05) is 18.5 Å². The van der Waals surface area contributed by atoms with Crippen LogP contribution in [-0.2, 0) is 4.79 Å². The van der Waals surface area contributed by atoms with Gasteiger partial charge in [0.1, 0.15) is 0 Å². The van der Waals surface area contributed by atoms with Crippen LogP contribution in [0.1, 0.15) is 25.3 Å². The van der Waals surface area contributed by atoms with Gasteiger partial charge < -0.3 is 10.6 Å². The Morgan fingerprint density at radius 2 is 2.09 bits per heavy atom. The average molecular weight is 324 g/mol. The number of nitrogens with one attached hydrogen (secondary N) is 2. The number of likely N-dealkylation sites (tertiary alicyclic amines) is 1. The third-order valence-corrected chi connectivity index (χ3v) is 4.46. The maximum Gasteiger partial charge on any atom is 0.238 e. The van der Waals surface area contributed by atoms with Crippen LogP contribution in [0.15, 0.2) is 18.2 Å². The standard InChI is InChI=1S/C17H26ClN3O/c1-3-19-11-14-6-8-21(9-7-14)12-17(22)20-16-5-4-15(18)10-13(16)2/h4-5,10,14,19H,3,6-9,11-12H2,1-2H3,(H,20,22). The number of carbonyl (C=O) groups is 1. The van der Waals surface area contributed by atoms with Crippen molar-refractivity contribution in [2.75, 3.05) is 38.0 Å². The summed E-state index contributed by atoms with van der Waals surface area (Å²) < 4.78 is 0. The molecule has 1 saturated heterocycles. The fourth-order valence-electron chi connectivity index (χ4n) is 2.86. The van der Waals surface area contributed by atoms with Crippen LogP contribution in [0.5, 0.6) is 0 Å². The zero-order valence-corrected chi connectivity index (χ0v) is 14.2. The molecule has 1 aromatic rings. The van der Waals surface area contributed by atoms with Gasteiger partial charge in [-0.15, -0.1) is 0 Å². The van der Waals surface area contributed by atoms with Crippen LogP contribution in [0.25, 0.3) is 0 Å². The van der Waals surface area contributed by atoms with E-state index < -0.39 is 0 Å². The summed E-state index contributed by atoms with van der Waals surface area (Å²) in [4.78, 5) is 14.4. The molecule has 2 N–H and O–H groups in total. The van der Waals surface area contributed by atoms with Gasteiger partial charge in [0.05, 0.1) is 6.54 Å². The Bertz CT molecular complexity index is 499. The first-order valence-corrected chi connectivity index (χ1v) is 8.45. The van der Waals surface area contributed by atoms with Crippen molar-refractivity contribution < 1.29 is 4.79 Å². The fourth-order valence-corrected chi connectivity index (χ4v) is 3.08. The number of amides is 1. The zero-order chi connectivity index (χ0) is 15.9. The van der Waals surface area contributed by atoms with Crippen LogP contribution in [-0.4, -0.2) is 43.5 Å². The predicted octanol–water partition coefficient (Wildman–Crippen LogP) is 2.91. The molecule has 1 aliphatic rings. The Labute approximate surface area is 138 Å². The Balaban J connectivity index is 1.76. The molecule has 0 unspecified atom stereocenters. The van der Waals surface area contributed by atoms with E-state index in [1.807, 2.05) is 19.1 Å². The van der Waals surface area contributed by atoms with Crippen LogP contribution < -0.4 is 10.6 Å². The summed E-state index contributed by atoms with van der Waals surface area (Å²) in [6, 6.07) is 5.53. The highest BCUT2D eigenvalue weighted by atomic mass is 35.5. The van der Waals surface area contributed by atoms with Crippen molar-refractivity contribution in [1.29, 1.82) is 0 Å². The summed E-state index contributed by atoms with van der Waals surface area (Å²) in [6.07, 6.45) is 2.33. The van der Waals surface area contributed by atoms with Crippen molar-refractivity contribution >= 4 is 23.2 Å². The Hall–Kier alpha value is -1.10. The van der Waals surface area contributed by atoms with Crippen molar-refractivity contribution in [1.82, 2.24) is 10.2 Å². The first-order valence-electron chi connectivity index (χ1n) is 8.07. The van der Waals surface area contributed by atoms with E-state index in [9.17, 15) is 4.79 Å². The Morgan fingerprint density at radius 1 is 1.36 bits per heavy atom. The van der Waals surface area contributed by atoms with Crippen LogP contribution in [0.2, 0.25) is 5.02 Å². The van der Waals surface area contributed by atoms with Gasteiger partial charge in [-0.3, -0.25) is 9.69 Å². The maximum atomic E-state index is 12.2. The van der Waals surface area contributed by atoms with Gasteiger partial charge in [-0.05, 0) is 75.6 Å². The quantitative estimate of drug-likeness (QED) is 0.846. The molecule has 0 bridgehead atoms. The lowest BCUT2D eigenvalue weighted by atomic mass is 9.97. The van der Waals surface area contributed by atoms with Crippen molar-refractivity contribution in [3.63, 3.8) is 0 Å². The molecule has 0 radical (unpaired) electrons. The number of hydrogen-bond donors (Lipinski definition) is 2. The number of carbonyl (C=O) groups excluding carboxylic acids is 1. The minimum absolute atomic E-state index is 0.0514. The molecule has 0 saturated carbocycles. The van der Waals surface area contributed by atoms with Gasteiger partial charge >= 0.3 is 0 Å². The van der Waals surface area contributed by atoms with Crippen LogP contribution in [0.4, 0.5) is 5.69 Å². The number of nitrogens with zero attached hydrogens (tertiary/aromatic N) is 1. The summed E-state index contributed by atoms with van der Waals surface area (Å²) in [5, 5.41) is 7.08. The van der Waals surface area contributed by atoms with Crippen molar-refractivity contribution in [3.8, 4) is 0 Å². The summed E-state index contributed by atoms with van der Waals surface area (Å²) in [5.41, 5.74) is 1.83. The second-order valence-corrected chi connectivity index (χ2v) is 6.47. The number of hydrogen-bond acceptors (Lipinski definition) is 3. The third kappa shape index (κ3) is 5.27. The average Bonchev–Trinajstić information content (AvgIpc) is 2.49. The lowest BCUT2D eigenvalue weighted by molar-refractivity contribution is -0.117. The molecule has 1 aromatic carbocycles. The summed E-state index contributed by atoms with van der Waals surface area (Å²) in [6.45, 7) is 8.69. The first-order chi connectivity index (χ1) is 10.6. The molecular formula is C17H26ClN3O. The molecule has 1 amide bonds. The van der Waals surface area contributed by atoms with Gasteiger partial charge in [0.15, 0.2) is 0 Å². The Kier molecular flexibility index (Phi) is 6.68. The molecule has 4 nitrogen and oxygen atoms in total. The molecule has 0 atom stereocenters. The van der Waals surface area contributed by atoms with Crippen LogP contribution >= 0.6 is 11.6 Å². The molecule has 1 heterocycles. The minimum atomic E-state index is 0.0514. The molecule has 5 heteroatoms. The maximum absolute atomic E-state index is 12.2. The second-order valence-electron chi connectivity index (χ2n) is 6.03. The predicted molar refractivity (Wildman–Crippen MR) is 92.5 cm³/mol. The van der Waals surface area contributed by atoms with Gasteiger partial charge in [0.25, 0.3) is 0 Å². The summed E-state index contributed by atoms with van der Waals surface area (Å²) >= 11 is 5.93. The van der Waals surface area contributed by atoms with Crippen LogP contribution in [0.3, 0.4) is 0 Å². The lowest BCUT2D eigenvalue weighted by Gasteiger charge is -2.31. The van der Waals surface area contributed by atoms with Gasteiger partial charge in [0.2, 0.25) is 5.91 Å². The van der Waals surface area contributed by atoms with E-state index in [2.05, 4.69) is 22.5 Å². The number of anilines is 1. The number of benzene rings is 1. The topological polar surface area (TPSA) is 44.4 Å². The molecule has 1 aliphatic heterocycles. The molecule has 0 spiro atoms. The summed E-state index contributed by atoms with van der Waals surface area (Å²) in [7, 11) is 0. The number of halogens is 1. The van der Waals surface area contributed by atoms with E-state index in [0.717, 1.165) is 43.3 Å². The van der Waals surface area contributed by atoms with E-state index in [1.54, 1.807) is 6.07 Å². The zero-order valence-electron chi connectivity index (χ0n) is 13.5. The highest BCUT2D eigenvalue weighted by Gasteiger charge is 2.20. The smallest absolute Gasteiger partial charge is 0.238 e. The van der Waals surface area contributed by atoms with Crippen molar-refractivity contribution in [2.24, 2.45) is 5.92 Å². The summed E-state index contributed by atoms with van der Waals surface area (Å²) in [5.74, 6) is 0.799. The molecule has 1 fully saturated rings. The highest BCUT2D eigenvalue weighted by molar-refractivity contribution is 6.30. The largest absolute Gasteiger partial charge is 0.325 e. The first kappa shape index (κ1) is 17.3. The van der Waals surface area contributed by atoms with E-state index in [4.69, 9.17) is 11.6 Å². The van der Waals surface area contributed by atoms with E-state index in [0.29, 0.717) is 11.6 Å². The van der Waals surface area contributed by atoms with Gasteiger partial charge in [-0.2, -0.15) is 0 Å². The number of aryl methyl sites for hydroxylation is 1. The normalized spacial score (nSPS) is 16.7. The van der Waals surface area contributed by atoms with Gasteiger partial charge in [-0.25, -0.2) is 0 Å². The van der Waals surface area contributed by atoms with Crippen molar-refractivity contribution in [3.05, 3.63) is 28.8 Å². The van der Waals surface area contributed by atoms with E-state index in [1.165, 1.54) is 12.8 Å². The van der Waals surface area contributed by atoms with E-state index >= 15 is 0 Å². The van der Waals surface area contributed by atoms with Crippen LogP contribution in [0, 0.1) is 12.8 Å². The molecule has 0 aromatic heterocycles. The molecule has 22 heavy (non-hydrogen) atoms. The highest BCUT2D eigenvalue weighted by Crippen LogP contribution is 2.20. The van der Waals surface area contributed by atoms with Crippen molar-refractivity contribution in [2.45, 2.75) is 26.7 Å². The fraction of sp³-hybridized carbons (Fsp3) is 0.588. The molecule has 0 aliphatic carbocycles. The number of piperidine rings is 1. The number of rotatable bonds is 6.